The molecule has 4 N–H and O–H groups in total. The Morgan fingerprint density at radius 2 is 1.30 bits per heavy atom. The number of carbonyl (C=O) groups excluding carboxylic acids is 2. The highest BCUT2D eigenvalue weighted by atomic mass is 16.5. The standard InChI is InChI=1S/C37H32N4O3/c42-36(38-23-22-28-25-39-33-19-11-10-18-31(28)33)32-24-30(41-37(43)40-29-16-8-3-9-17-29)20-21-34(32)44-35(26-12-4-1-5-13-26)27-14-6-2-7-15-27/h1-21,24-25,35,39H,22-23H2,(H,38,42)(H2,40,41,43). The molecule has 0 bridgehead atoms. The average Bonchev–Trinajstić information content (AvgIpc) is 3.48. The van der Waals surface area contributed by atoms with Crippen LogP contribution in [0.5, 0.6) is 5.75 Å². The lowest BCUT2D eigenvalue weighted by molar-refractivity contribution is 0.0948. The zero-order valence-corrected chi connectivity index (χ0v) is 24.0. The molecule has 0 fully saturated rings. The van der Waals surface area contributed by atoms with E-state index in [9.17, 15) is 9.59 Å². The second kappa shape index (κ2) is 13.4. The fourth-order valence-electron chi connectivity index (χ4n) is 5.16. The predicted molar refractivity (Wildman–Crippen MR) is 175 cm³/mol. The first kappa shape index (κ1) is 28.3. The maximum absolute atomic E-state index is 13.7. The summed E-state index contributed by atoms with van der Waals surface area (Å²) in [5.41, 5.74) is 5.53. The number of ether oxygens (including phenoxy) is 1. The summed E-state index contributed by atoms with van der Waals surface area (Å²) in [6.45, 7) is 0.424. The molecule has 0 aliphatic carbocycles. The number of nitrogens with one attached hydrogen (secondary N) is 4. The van der Waals surface area contributed by atoms with Crippen LogP contribution in [-0.2, 0) is 6.42 Å². The Bertz CT molecular complexity index is 1810. The maximum Gasteiger partial charge on any atom is 0.323 e. The van der Waals surface area contributed by atoms with Gasteiger partial charge < -0.3 is 25.7 Å². The summed E-state index contributed by atoms with van der Waals surface area (Å²) in [5, 5.41) is 9.84. The third-order valence-corrected chi connectivity index (χ3v) is 7.32. The molecule has 6 rings (SSSR count). The Kier molecular flexibility index (Phi) is 8.65. The van der Waals surface area contributed by atoms with Crippen LogP contribution in [0.3, 0.4) is 0 Å². The van der Waals surface area contributed by atoms with Crippen LogP contribution in [0.15, 0.2) is 140 Å². The third kappa shape index (κ3) is 6.79. The number of para-hydroxylation sites is 2. The first-order chi connectivity index (χ1) is 21.6. The van der Waals surface area contributed by atoms with Crippen LogP contribution < -0.4 is 20.7 Å². The van der Waals surface area contributed by atoms with E-state index in [0.29, 0.717) is 35.7 Å². The molecule has 0 aliphatic rings. The van der Waals surface area contributed by atoms with Crippen molar-refractivity contribution < 1.29 is 14.3 Å². The molecular weight excluding hydrogens is 548 g/mol. The zero-order chi connectivity index (χ0) is 30.1. The van der Waals surface area contributed by atoms with Gasteiger partial charge >= 0.3 is 6.03 Å². The quantitative estimate of drug-likeness (QED) is 0.132. The number of anilines is 2. The largest absolute Gasteiger partial charge is 0.480 e. The first-order valence-corrected chi connectivity index (χ1v) is 14.5. The van der Waals surface area contributed by atoms with Crippen molar-refractivity contribution in [1.29, 1.82) is 0 Å². The molecule has 7 heteroatoms. The second-order valence-electron chi connectivity index (χ2n) is 10.3. The van der Waals surface area contributed by atoms with Crippen LogP contribution in [-0.4, -0.2) is 23.5 Å². The number of fused-ring (bicyclic) bond motifs is 1. The van der Waals surface area contributed by atoms with Gasteiger partial charge in [-0.25, -0.2) is 4.79 Å². The molecule has 7 nitrogen and oxygen atoms in total. The molecule has 0 saturated carbocycles. The van der Waals surface area contributed by atoms with Gasteiger partial charge in [-0.2, -0.15) is 0 Å². The Balaban J connectivity index is 1.26. The van der Waals surface area contributed by atoms with Gasteiger partial charge in [0.1, 0.15) is 11.9 Å². The van der Waals surface area contributed by atoms with E-state index >= 15 is 0 Å². The smallest absolute Gasteiger partial charge is 0.323 e. The SMILES string of the molecule is O=C(Nc1ccccc1)Nc1ccc(OC(c2ccccc2)c2ccccc2)c(C(=O)NCCc2c[nH]c3ccccc23)c1. The van der Waals surface area contributed by atoms with Crippen molar-refractivity contribution in [2.24, 2.45) is 0 Å². The van der Waals surface area contributed by atoms with E-state index in [1.165, 1.54) is 0 Å². The van der Waals surface area contributed by atoms with Gasteiger partial charge in [0.15, 0.2) is 0 Å². The summed E-state index contributed by atoms with van der Waals surface area (Å²) in [5.74, 6) is 0.105. The summed E-state index contributed by atoms with van der Waals surface area (Å²) >= 11 is 0. The highest BCUT2D eigenvalue weighted by Crippen LogP contribution is 2.32. The molecule has 5 aromatic carbocycles. The Morgan fingerprint density at radius 1 is 0.682 bits per heavy atom. The van der Waals surface area contributed by atoms with E-state index in [1.807, 2.05) is 103 Å². The number of urea groups is 1. The van der Waals surface area contributed by atoms with Crippen LogP contribution in [0.25, 0.3) is 10.9 Å². The van der Waals surface area contributed by atoms with E-state index in [0.717, 1.165) is 27.6 Å². The molecule has 3 amide bonds. The Hall–Kier alpha value is -5.82. The molecule has 1 aromatic heterocycles. The second-order valence-corrected chi connectivity index (χ2v) is 10.3. The molecule has 0 radical (unpaired) electrons. The van der Waals surface area contributed by atoms with E-state index in [2.05, 4.69) is 27.0 Å². The Morgan fingerprint density at radius 3 is 2.00 bits per heavy atom. The maximum atomic E-state index is 13.7. The first-order valence-electron chi connectivity index (χ1n) is 14.5. The highest BCUT2D eigenvalue weighted by molar-refractivity contribution is 6.02. The summed E-state index contributed by atoms with van der Waals surface area (Å²) in [6, 6.07) is 41.7. The minimum atomic E-state index is -0.449. The zero-order valence-electron chi connectivity index (χ0n) is 24.0. The molecule has 0 spiro atoms. The van der Waals surface area contributed by atoms with Crippen molar-refractivity contribution >= 4 is 34.2 Å². The number of hydrogen-bond acceptors (Lipinski definition) is 3. The topological polar surface area (TPSA) is 95.2 Å². The van der Waals surface area contributed by atoms with E-state index < -0.39 is 12.1 Å². The molecule has 1 heterocycles. The lowest BCUT2D eigenvalue weighted by Crippen LogP contribution is -2.27. The van der Waals surface area contributed by atoms with Crippen molar-refractivity contribution in [2.75, 3.05) is 17.2 Å². The van der Waals surface area contributed by atoms with Crippen LogP contribution >= 0.6 is 0 Å². The summed E-state index contributed by atoms with van der Waals surface area (Å²) in [4.78, 5) is 29.7. The van der Waals surface area contributed by atoms with Gasteiger partial charge in [-0.3, -0.25) is 4.79 Å². The lowest BCUT2D eigenvalue weighted by atomic mass is 10.0. The van der Waals surface area contributed by atoms with Crippen molar-refractivity contribution in [3.05, 3.63) is 162 Å². The van der Waals surface area contributed by atoms with Gasteiger partial charge in [-0.05, 0) is 59.5 Å². The summed E-state index contributed by atoms with van der Waals surface area (Å²) in [7, 11) is 0. The highest BCUT2D eigenvalue weighted by Gasteiger charge is 2.21. The van der Waals surface area contributed by atoms with Crippen molar-refractivity contribution in [3.63, 3.8) is 0 Å². The van der Waals surface area contributed by atoms with E-state index in [1.54, 1.807) is 30.3 Å². The number of H-pyrrole nitrogens is 1. The van der Waals surface area contributed by atoms with Crippen LogP contribution in [0.1, 0.15) is 33.2 Å². The summed E-state index contributed by atoms with van der Waals surface area (Å²) in [6.07, 6.45) is 2.18. The van der Waals surface area contributed by atoms with Gasteiger partial charge in [0.25, 0.3) is 5.91 Å². The fourth-order valence-corrected chi connectivity index (χ4v) is 5.16. The number of rotatable bonds is 10. The summed E-state index contributed by atoms with van der Waals surface area (Å²) < 4.78 is 6.61. The number of benzene rings is 5. The van der Waals surface area contributed by atoms with Crippen molar-refractivity contribution in [1.82, 2.24) is 10.3 Å². The number of amides is 3. The van der Waals surface area contributed by atoms with Gasteiger partial charge in [0.2, 0.25) is 0 Å². The van der Waals surface area contributed by atoms with E-state index in [4.69, 9.17) is 4.74 Å². The number of aromatic amines is 1. The molecule has 6 aromatic rings. The van der Waals surface area contributed by atoms with Crippen molar-refractivity contribution in [3.8, 4) is 5.75 Å². The molecule has 0 atom stereocenters. The third-order valence-electron chi connectivity index (χ3n) is 7.32. The predicted octanol–water partition coefficient (Wildman–Crippen LogP) is 7.95. The molecule has 44 heavy (non-hydrogen) atoms. The number of carbonyl (C=O) groups is 2. The van der Waals surface area contributed by atoms with Crippen LogP contribution in [0.4, 0.5) is 16.2 Å². The van der Waals surface area contributed by atoms with Crippen LogP contribution in [0, 0.1) is 0 Å². The lowest BCUT2D eigenvalue weighted by Gasteiger charge is -2.22. The van der Waals surface area contributed by atoms with Gasteiger partial charge in [0.05, 0.1) is 5.56 Å². The molecule has 0 saturated heterocycles. The van der Waals surface area contributed by atoms with Gasteiger partial charge in [0, 0.05) is 35.0 Å². The normalized spacial score (nSPS) is 10.8. The molecule has 218 valence electrons. The number of aromatic nitrogens is 1. The molecule has 0 aliphatic heterocycles. The minimum absolute atomic E-state index is 0.299. The van der Waals surface area contributed by atoms with Crippen molar-refractivity contribution in [2.45, 2.75) is 12.5 Å². The van der Waals surface area contributed by atoms with Gasteiger partial charge in [-0.1, -0.05) is 97.1 Å². The monoisotopic (exact) mass is 580 g/mol. The average molecular weight is 581 g/mol. The molecular formula is C37H32N4O3. The Labute approximate surface area is 255 Å². The minimum Gasteiger partial charge on any atom is -0.480 e. The van der Waals surface area contributed by atoms with E-state index in [-0.39, 0.29) is 5.91 Å². The van der Waals surface area contributed by atoms with Crippen LogP contribution in [0.2, 0.25) is 0 Å². The molecule has 0 unspecified atom stereocenters. The fraction of sp³-hybridized carbons (Fsp3) is 0.0811. The van der Waals surface area contributed by atoms with Gasteiger partial charge in [-0.15, -0.1) is 0 Å². The number of hydrogen-bond donors (Lipinski definition) is 4.